The van der Waals surface area contributed by atoms with Gasteiger partial charge in [0.1, 0.15) is 23.1 Å². The summed E-state index contributed by atoms with van der Waals surface area (Å²) in [5.74, 6) is -2.29. The van der Waals surface area contributed by atoms with Crippen molar-refractivity contribution < 1.29 is 42.9 Å². The third-order valence-corrected chi connectivity index (χ3v) is 7.08. The number of aromatic hydroxyl groups is 1. The zero-order chi connectivity index (χ0) is 28.6. The molecule has 0 bridgehead atoms. The van der Waals surface area contributed by atoms with E-state index in [9.17, 15) is 33.4 Å². The minimum atomic E-state index is -3.90. The molecule has 1 heterocycles. The average molecular weight is 560 g/mol. The van der Waals surface area contributed by atoms with Crippen molar-refractivity contribution in [2.45, 2.75) is 32.2 Å². The highest BCUT2D eigenvalue weighted by Crippen LogP contribution is 2.51. The molecule has 39 heavy (non-hydrogen) atoms. The van der Waals surface area contributed by atoms with E-state index in [2.05, 4.69) is 15.4 Å². The van der Waals surface area contributed by atoms with Gasteiger partial charge in [0.2, 0.25) is 11.8 Å². The predicted molar refractivity (Wildman–Crippen MR) is 140 cm³/mol. The molecule has 0 aromatic heterocycles. The van der Waals surface area contributed by atoms with E-state index in [0.29, 0.717) is 30.5 Å². The van der Waals surface area contributed by atoms with Crippen LogP contribution in [-0.4, -0.2) is 64.2 Å². The maximum Gasteiger partial charge on any atom is 0.345 e. The molecule has 0 radical (unpaired) electrons. The number of ether oxygens (including phenoxy) is 2. The van der Waals surface area contributed by atoms with Gasteiger partial charge in [0.05, 0.1) is 13.7 Å². The van der Waals surface area contributed by atoms with Crippen molar-refractivity contribution in [1.29, 1.82) is 0 Å². The molecule has 4 N–H and O–H groups in total. The summed E-state index contributed by atoms with van der Waals surface area (Å²) < 4.78 is 36.2. The molecule has 0 fully saturated rings. The SMILES string of the molecule is COC(=O)c1c(O)cccc1OCCCCNC(=O)C(Cc1ccc(C2=CC(=O)NS2([O-])[O-])cc1)NC(C)=O. The molecular weight excluding hydrogens is 530 g/mol. The Bertz CT molecular complexity index is 1260. The first-order valence-electron chi connectivity index (χ1n) is 12.0. The Kier molecular flexibility index (Phi) is 9.93. The number of esters is 1. The van der Waals surface area contributed by atoms with Gasteiger partial charge in [0, 0.05) is 30.9 Å². The second-order valence-electron chi connectivity index (χ2n) is 8.62. The fourth-order valence-corrected chi connectivity index (χ4v) is 4.98. The molecule has 13 heteroatoms. The van der Waals surface area contributed by atoms with E-state index in [0.717, 1.165) is 6.08 Å². The molecule has 1 aliphatic heterocycles. The van der Waals surface area contributed by atoms with Crippen molar-refractivity contribution in [1.82, 2.24) is 15.4 Å². The Morgan fingerprint density at radius 2 is 1.82 bits per heavy atom. The van der Waals surface area contributed by atoms with Gasteiger partial charge in [0.15, 0.2) is 0 Å². The Balaban J connectivity index is 1.50. The van der Waals surface area contributed by atoms with E-state index in [-0.39, 0.29) is 40.9 Å². The van der Waals surface area contributed by atoms with Crippen LogP contribution in [0.5, 0.6) is 11.5 Å². The number of phenolic OH excluding ortho intramolecular Hbond substituents is 1. The van der Waals surface area contributed by atoms with Crippen LogP contribution in [0.2, 0.25) is 0 Å². The van der Waals surface area contributed by atoms with Crippen molar-refractivity contribution in [3.05, 3.63) is 65.2 Å². The molecule has 1 aliphatic rings. The number of hydrogen-bond donors (Lipinski definition) is 4. The number of nitrogens with one attached hydrogen (secondary N) is 3. The molecule has 3 amide bonds. The average Bonchev–Trinajstić information content (AvgIpc) is 3.16. The molecule has 1 atom stereocenters. The molecule has 0 saturated heterocycles. The van der Waals surface area contributed by atoms with Gasteiger partial charge >= 0.3 is 5.97 Å². The summed E-state index contributed by atoms with van der Waals surface area (Å²) in [6.07, 6.45) is 2.23. The lowest BCUT2D eigenvalue weighted by Crippen LogP contribution is -2.47. The second kappa shape index (κ2) is 13.1. The summed E-state index contributed by atoms with van der Waals surface area (Å²) in [5, 5.41) is 15.3. The summed E-state index contributed by atoms with van der Waals surface area (Å²) in [5.41, 5.74) is 0.930. The highest BCUT2D eigenvalue weighted by Gasteiger charge is 2.21. The number of amides is 3. The molecule has 0 spiro atoms. The summed E-state index contributed by atoms with van der Waals surface area (Å²) in [6, 6.07) is 9.87. The molecule has 0 saturated carbocycles. The van der Waals surface area contributed by atoms with Crippen molar-refractivity contribution in [2.24, 2.45) is 0 Å². The van der Waals surface area contributed by atoms with Crippen LogP contribution in [0.15, 0.2) is 48.5 Å². The lowest BCUT2D eigenvalue weighted by molar-refractivity contribution is -0.128. The van der Waals surface area contributed by atoms with Crippen LogP contribution >= 0.6 is 10.8 Å². The first-order chi connectivity index (χ1) is 18.5. The number of phenols is 1. The normalized spacial score (nSPS) is 15.4. The maximum absolute atomic E-state index is 12.8. The number of sulfonamides is 1. The van der Waals surface area contributed by atoms with E-state index in [1.165, 1.54) is 32.2 Å². The van der Waals surface area contributed by atoms with E-state index in [1.54, 1.807) is 24.3 Å². The van der Waals surface area contributed by atoms with Gasteiger partial charge in [-0.1, -0.05) is 30.3 Å². The fourth-order valence-electron chi connectivity index (χ4n) is 3.84. The third kappa shape index (κ3) is 7.96. The molecule has 1 unspecified atom stereocenters. The van der Waals surface area contributed by atoms with E-state index in [1.807, 2.05) is 4.72 Å². The van der Waals surface area contributed by atoms with Gasteiger partial charge in [-0.3, -0.25) is 14.4 Å². The molecular formula is C26H29N3O9S-2. The number of rotatable bonds is 12. The van der Waals surface area contributed by atoms with Gasteiger partial charge in [-0.05, 0) is 36.1 Å². The van der Waals surface area contributed by atoms with E-state index < -0.39 is 34.6 Å². The lowest BCUT2D eigenvalue weighted by Gasteiger charge is -2.57. The first kappa shape index (κ1) is 29.5. The highest BCUT2D eigenvalue weighted by atomic mass is 32.3. The number of unbranched alkanes of at least 4 members (excludes halogenated alkanes) is 1. The zero-order valence-corrected chi connectivity index (χ0v) is 22.2. The Morgan fingerprint density at radius 1 is 1.10 bits per heavy atom. The van der Waals surface area contributed by atoms with E-state index in [4.69, 9.17) is 4.74 Å². The largest absolute Gasteiger partial charge is 0.779 e. The predicted octanol–water partition coefficient (Wildman–Crippen LogP) is 1.65. The Labute approximate surface area is 226 Å². The van der Waals surface area contributed by atoms with Crippen LogP contribution in [0.1, 0.15) is 41.3 Å². The summed E-state index contributed by atoms with van der Waals surface area (Å²) in [4.78, 5) is 47.6. The van der Waals surface area contributed by atoms with Crippen LogP contribution in [-0.2, 0) is 25.5 Å². The third-order valence-electron chi connectivity index (χ3n) is 5.68. The van der Waals surface area contributed by atoms with Crippen LogP contribution < -0.4 is 20.1 Å². The van der Waals surface area contributed by atoms with Gasteiger partial charge < -0.3 is 49.8 Å². The van der Waals surface area contributed by atoms with Gasteiger partial charge in [-0.2, -0.15) is 0 Å². The standard InChI is InChI=1S/C26H31N3O9S/c1-16(30)28-19(14-17-8-10-18(11-9-17)22-15-23(32)29-39(22,35)36)25(33)27-12-3-4-13-38-21-7-5-6-20(31)24(21)26(34)37-2/h5-11,15,19,31,35-36H,3-4,12-14H2,1-2H3,(H,27,33)(H,28,30)(H,29,32)/p-2. The number of carbonyl (C=O) groups is 4. The quantitative estimate of drug-likeness (QED) is 0.221. The minimum Gasteiger partial charge on any atom is -0.779 e. The van der Waals surface area contributed by atoms with Crippen molar-refractivity contribution in [3.8, 4) is 11.5 Å². The number of methoxy groups -OCH3 is 1. The first-order valence-corrected chi connectivity index (χ1v) is 13.5. The minimum absolute atomic E-state index is 0.0637. The number of carbonyl (C=O) groups excluding carboxylic acids is 4. The van der Waals surface area contributed by atoms with Crippen molar-refractivity contribution >= 4 is 39.4 Å². The van der Waals surface area contributed by atoms with Crippen LogP contribution in [0.3, 0.4) is 0 Å². The number of benzene rings is 2. The molecule has 210 valence electrons. The Morgan fingerprint density at radius 3 is 2.44 bits per heavy atom. The smallest absolute Gasteiger partial charge is 0.345 e. The van der Waals surface area contributed by atoms with Gasteiger partial charge in [-0.15, -0.1) is 0 Å². The molecule has 3 rings (SSSR count). The molecule has 0 aliphatic carbocycles. The number of hydrogen-bond acceptors (Lipinski definition) is 9. The summed E-state index contributed by atoms with van der Waals surface area (Å²) in [7, 11) is -2.70. The van der Waals surface area contributed by atoms with E-state index >= 15 is 0 Å². The lowest BCUT2D eigenvalue weighted by atomic mass is 10.0. The fraction of sp³-hybridized carbons (Fsp3) is 0.308. The summed E-state index contributed by atoms with van der Waals surface area (Å²) >= 11 is 0. The van der Waals surface area contributed by atoms with Crippen molar-refractivity contribution in [2.75, 3.05) is 20.3 Å². The molecule has 2 aromatic rings. The second-order valence-corrected chi connectivity index (χ2v) is 10.3. The summed E-state index contributed by atoms with van der Waals surface area (Å²) in [6.45, 7) is 1.82. The zero-order valence-electron chi connectivity index (χ0n) is 21.4. The molecule has 2 aromatic carbocycles. The molecule has 12 nitrogen and oxygen atoms in total. The van der Waals surface area contributed by atoms with Gasteiger partial charge in [-0.25, -0.2) is 4.79 Å². The Hall–Kier alpha value is -4.07. The van der Waals surface area contributed by atoms with Crippen LogP contribution in [0, 0.1) is 0 Å². The highest BCUT2D eigenvalue weighted by molar-refractivity contribution is 8.31. The van der Waals surface area contributed by atoms with Crippen LogP contribution in [0.25, 0.3) is 4.91 Å². The van der Waals surface area contributed by atoms with Gasteiger partial charge in [0.25, 0.3) is 5.91 Å². The topological polar surface area (TPSA) is 189 Å². The maximum atomic E-state index is 12.8. The van der Waals surface area contributed by atoms with Crippen molar-refractivity contribution in [3.63, 3.8) is 0 Å². The monoisotopic (exact) mass is 559 g/mol. The van der Waals surface area contributed by atoms with Crippen LogP contribution in [0.4, 0.5) is 0 Å².